The fraction of sp³-hybridized carbons (Fsp3) is 0. The summed E-state index contributed by atoms with van der Waals surface area (Å²) in [5, 5.41) is 11.2. The van der Waals surface area contributed by atoms with Crippen molar-refractivity contribution in [1.29, 1.82) is 0 Å². The summed E-state index contributed by atoms with van der Waals surface area (Å²) in [7, 11) is 0. The minimum Gasteiger partial charge on any atom is -0.456 e. The van der Waals surface area contributed by atoms with Crippen LogP contribution in [0.5, 0.6) is 0 Å². The van der Waals surface area contributed by atoms with Crippen LogP contribution in [0.3, 0.4) is 0 Å². The van der Waals surface area contributed by atoms with Crippen LogP contribution in [0.15, 0.2) is 229 Å². The summed E-state index contributed by atoms with van der Waals surface area (Å²) >= 11 is 0. The molecule has 0 spiro atoms. The van der Waals surface area contributed by atoms with Crippen molar-refractivity contribution in [1.82, 2.24) is 24.9 Å². The number of fused-ring (bicyclic) bond motifs is 12. The number of furan rings is 1. The van der Waals surface area contributed by atoms with Crippen LogP contribution in [0.4, 0.5) is 0 Å². The predicted octanol–water partition coefficient (Wildman–Crippen LogP) is 16.3. The minimum absolute atomic E-state index is 0.537. The van der Waals surface area contributed by atoms with E-state index in [1.54, 1.807) is 0 Å². The lowest BCUT2D eigenvalue weighted by molar-refractivity contribution is 0.669. The van der Waals surface area contributed by atoms with Crippen LogP contribution in [0, 0.1) is 0 Å². The number of aromatic nitrogens is 5. The molecule has 0 atom stereocenters. The van der Waals surface area contributed by atoms with Crippen molar-refractivity contribution in [2.45, 2.75) is 0 Å². The second-order valence-corrected chi connectivity index (χ2v) is 17.6. The third-order valence-electron chi connectivity index (χ3n) is 13.5. The summed E-state index contributed by atoms with van der Waals surface area (Å²) in [6, 6.07) is 76.2. The Kier molecular flexibility index (Phi) is 8.79. The third-order valence-corrected chi connectivity index (χ3v) is 13.5. The van der Waals surface area contributed by atoms with E-state index in [-0.39, 0.29) is 0 Å². The van der Waals surface area contributed by atoms with Gasteiger partial charge in [0.2, 0.25) is 0 Å². The molecule has 11 aromatic carbocycles. The first kappa shape index (κ1) is 38.8. The van der Waals surface area contributed by atoms with Gasteiger partial charge in [-0.05, 0) is 103 Å². The lowest BCUT2D eigenvalue weighted by atomic mass is 9.91. The molecule has 14 aromatic rings. The first-order valence-electron chi connectivity index (χ1n) is 23.1. The molecular formula is C63H37N5O. The molecule has 14 rings (SSSR count). The first-order chi connectivity index (χ1) is 34.2. The number of nitrogens with zero attached hydrogens (tertiary/aromatic N) is 5. The zero-order valence-corrected chi connectivity index (χ0v) is 37.0. The maximum absolute atomic E-state index is 6.53. The highest BCUT2D eigenvalue weighted by molar-refractivity contribution is 6.23. The molecule has 6 nitrogen and oxygen atoms in total. The van der Waals surface area contributed by atoms with Gasteiger partial charge in [-0.2, -0.15) is 0 Å². The van der Waals surface area contributed by atoms with E-state index in [9.17, 15) is 0 Å². The second-order valence-electron chi connectivity index (χ2n) is 17.6. The Bertz CT molecular complexity index is 4340. The molecule has 69 heavy (non-hydrogen) atoms. The third kappa shape index (κ3) is 6.53. The van der Waals surface area contributed by atoms with E-state index >= 15 is 0 Å². The fourth-order valence-electron chi connectivity index (χ4n) is 10.2. The minimum atomic E-state index is 0.537. The van der Waals surface area contributed by atoms with Gasteiger partial charge in [-0.15, -0.1) is 0 Å². The van der Waals surface area contributed by atoms with Crippen LogP contribution in [-0.4, -0.2) is 24.9 Å². The summed E-state index contributed by atoms with van der Waals surface area (Å²) in [6.45, 7) is 0. The zero-order chi connectivity index (χ0) is 45.4. The van der Waals surface area contributed by atoms with Gasteiger partial charge >= 0.3 is 0 Å². The van der Waals surface area contributed by atoms with Gasteiger partial charge in [0.1, 0.15) is 11.2 Å². The lowest BCUT2D eigenvalue weighted by Gasteiger charge is -2.15. The first-order valence-corrected chi connectivity index (χ1v) is 23.1. The van der Waals surface area contributed by atoms with Crippen LogP contribution >= 0.6 is 0 Å². The van der Waals surface area contributed by atoms with Crippen molar-refractivity contribution in [3.63, 3.8) is 0 Å². The average molecular weight is 880 g/mol. The number of rotatable bonds is 6. The maximum atomic E-state index is 6.53. The van der Waals surface area contributed by atoms with Crippen molar-refractivity contribution >= 4 is 76.1 Å². The Labute approximate surface area is 395 Å². The number of hydrogen-bond donors (Lipinski definition) is 0. The molecule has 6 heteroatoms. The molecule has 0 radical (unpaired) electrons. The Morgan fingerprint density at radius 3 is 1.57 bits per heavy atom. The number of benzene rings is 11. The maximum Gasteiger partial charge on any atom is 0.164 e. The van der Waals surface area contributed by atoms with Crippen molar-refractivity contribution in [3.8, 4) is 67.7 Å². The summed E-state index contributed by atoms with van der Waals surface area (Å²) in [4.78, 5) is 26.4. The highest BCUT2D eigenvalue weighted by Crippen LogP contribution is 2.41. The molecule has 0 aliphatic rings. The SMILES string of the molecule is c1ccc(-c2ccc3oc4cc(-c5nc(-c6ccccc6)nc(-c6cc(-c7cnc8c9ccccc9c9ccccc9c8n7)cc(-c7cc8ccccc8c8ccccc78)c6)n5)ccc4c3c2)cc1. The van der Waals surface area contributed by atoms with Gasteiger partial charge < -0.3 is 4.42 Å². The van der Waals surface area contributed by atoms with Crippen molar-refractivity contribution in [2.75, 3.05) is 0 Å². The normalized spacial score (nSPS) is 11.8. The molecule has 0 saturated heterocycles. The van der Waals surface area contributed by atoms with Gasteiger partial charge in [0.05, 0.1) is 22.9 Å². The molecule has 320 valence electrons. The molecule has 3 heterocycles. The molecule has 0 bridgehead atoms. The molecule has 3 aromatic heterocycles. The van der Waals surface area contributed by atoms with Gasteiger partial charge in [-0.25, -0.2) is 19.9 Å². The Morgan fingerprint density at radius 1 is 0.275 bits per heavy atom. The fourth-order valence-corrected chi connectivity index (χ4v) is 10.2. The van der Waals surface area contributed by atoms with Crippen LogP contribution in [0.25, 0.3) is 144 Å². The van der Waals surface area contributed by atoms with Crippen LogP contribution < -0.4 is 0 Å². The van der Waals surface area contributed by atoms with Crippen molar-refractivity contribution in [3.05, 3.63) is 225 Å². The topological polar surface area (TPSA) is 77.6 Å². The van der Waals surface area contributed by atoms with E-state index in [0.717, 1.165) is 115 Å². The molecule has 0 aliphatic heterocycles. The van der Waals surface area contributed by atoms with E-state index in [0.29, 0.717) is 17.5 Å². The standard InChI is InChI=1S/C63H37N5O/c1-3-15-38(16-4-1)40-28-30-57-55(34-40)51-29-27-42(36-58(51)69-57)62-66-61(39-17-5-2-6-18-39)67-63(68-62)45-32-43(54-35-41-19-7-8-20-46(41)47-21-9-10-24-50(47)54)31-44(33-45)56-37-64-59-52-25-13-11-22-48(52)49-23-12-14-26-53(49)60(59)65-56/h1-37H. The summed E-state index contributed by atoms with van der Waals surface area (Å²) in [6.07, 6.45) is 1.91. The van der Waals surface area contributed by atoms with Crippen LogP contribution in [0.2, 0.25) is 0 Å². The van der Waals surface area contributed by atoms with Crippen molar-refractivity contribution < 1.29 is 4.42 Å². The Balaban J connectivity index is 0.996. The van der Waals surface area contributed by atoms with Gasteiger partial charge in [0, 0.05) is 43.8 Å². The molecule has 0 amide bonds. The Morgan fingerprint density at radius 2 is 0.826 bits per heavy atom. The van der Waals surface area contributed by atoms with Gasteiger partial charge in [0.15, 0.2) is 17.5 Å². The largest absolute Gasteiger partial charge is 0.456 e. The van der Waals surface area contributed by atoms with E-state index in [2.05, 4.69) is 176 Å². The molecule has 0 saturated carbocycles. The quantitative estimate of drug-likeness (QED) is 0.155. The molecule has 0 aliphatic carbocycles. The van der Waals surface area contributed by atoms with E-state index < -0.39 is 0 Å². The molecular weight excluding hydrogens is 843 g/mol. The highest BCUT2D eigenvalue weighted by atomic mass is 16.3. The number of hydrogen-bond acceptors (Lipinski definition) is 6. The molecule has 0 N–H and O–H groups in total. The zero-order valence-electron chi connectivity index (χ0n) is 37.0. The second kappa shape index (κ2) is 15.6. The van der Waals surface area contributed by atoms with Gasteiger partial charge in [0.25, 0.3) is 0 Å². The van der Waals surface area contributed by atoms with Gasteiger partial charge in [-0.3, -0.25) is 4.98 Å². The van der Waals surface area contributed by atoms with Crippen LogP contribution in [0.1, 0.15) is 0 Å². The lowest BCUT2D eigenvalue weighted by Crippen LogP contribution is -2.01. The van der Waals surface area contributed by atoms with E-state index in [1.807, 2.05) is 48.7 Å². The summed E-state index contributed by atoms with van der Waals surface area (Å²) < 4.78 is 6.53. The average Bonchev–Trinajstić information content (AvgIpc) is 3.80. The van der Waals surface area contributed by atoms with E-state index in [4.69, 9.17) is 29.3 Å². The van der Waals surface area contributed by atoms with Gasteiger partial charge in [-0.1, -0.05) is 170 Å². The monoisotopic (exact) mass is 879 g/mol. The smallest absolute Gasteiger partial charge is 0.164 e. The highest BCUT2D eigenvalue weighted by Gasteiger charge is 2.20. The van der Waals surface area contributed by atoms with Crippen molar-refractivity contribution in [2.24, 2.45) is 0 Å². The van der Waals surface area contributed by atoms with Crippen LogP contribution in [-0.2, 0) is 0 Å². The molecule has 0 fully saturated rings. The van der Waals surface area contributed by atoms with E-state index in [1.165, 1.54) is 10.8 Å². The predicted molar refractivity (Wildman–Crippen MR) is 283 cm³/mol. The molecule has 0 unspecified atom stereocenters. The summed E-state index contributed by atoms with van der Waals surface area (Å²) in [5.74, 6) is 1.65. The summed E-state index contributed by atoms with van der Waals surface area (Å²) in [5.41, 5.74) is 11.9. The Hall–Kier alpha value is -9.39.